The van der Waals surface area contributed by atoms with Crippen molar-refractivity contribution in [2.75, 3.05) is 13.1 Å². The van der Waals surface area contributed by atoms with E-state index in [0.29, 0.717) is 30.8 Å². The van der Waals surface area contributed by atoms with E-state index in [0.717, 1.165) is 16.7 Å². The van der Waals surface area contributed by atoms with Crippen LogP contribution in [0.1, 0.15) is 29.5 Å². The molecule has 1 aliphatic rings. The number of carbonyl (C=O) groups excluding carboxylic acids is 1. The van der Waals surface area contributed by atoms with E-state index in [1.807, 2.05) is 19.1 Å². The number of amides is 1. The molecule has 1 aliphatic heterocycles. The zero-order chi connectivity index (χ0) is 20.3. The molecule has 3 rings (SSSR count). The summed E-state index contributed by atoms with van der Waals surface area (Å²) < 4.78 is 40.4. The summed E-state index contributed by atoms with van der Waals surface area (Å²) in [7, 11) is -3.53. The maximum atomic E-state index is 13.0. The Labute approximate surface area is 165 Å². The number of sulfonamides is 1. The molecule has 1 N–H and O–H groups in total. The Morgan fingerprint density at radius 3 is 2.39 bits per heavy atom. The third-order valence-electron chi connectivity index (χ3n) is 5.06. The highest BCUT2D eigenvalue weighted by Gasteiger charge is 2.30. The van der Waals surface area contributed by atoms with E-state index in [1.54, 1.807) is 25.1 Å². The molecule has 0 bridgehead atoms. The van der Waals surface area contributed by atoms with Crippen LogP contribution in [-0.4, -0.2) is 37.8 Å². The number of aryl methyl sites for hydroxylation is 2. The molecule has 1 fully saturated rings. The van der Waals surface area contributed by atoms with Gasteiger partial charge in [0.2, 0.25) is 15.9 Å². The Bertz CT molecular complexity index is 950. The van der Waals surface area contributed by atoms with Gasteiger partial charge in [-0.3, -0.25) is 4.79 Å². The van der Waals surface area contributed by atoms with Crippen LogP contribution < -0.4 is 5.32 Å². The quantitative estimate of drug-likeness (QED) is 0.833. The average molecular weight is 405 g/mol. The lowest BCUT2D eigenvalue weighted by Crippen LogP contribution is -2.46. The molecule has 0 aromatic heterocycles. The molecule has 7 heteroatoms. The molecular weight excluding hydrogens is 379 g/mol. The fourth-order valence-electron chi connectivity index (χ4n) is 3.43. The van der Waals surface area contributed by atoms with E-state index >= 15 is 0 Å². The van der Waals surface area contributed by atoms with Gasteiger partial charge in [-0.15, -0.1) is 0 Å². The van der Waals surface area contributed by atoms with E-state index in [-0.39, 0.29) is 24.2 Å². The van der Waals surface area contributed by atoms with Crippen LogP contribution in [0.4, 0.5) is 4.39 Å². The predicted molar refractivity (Wildman–Crippen MR) is 106 cm³/mol. The fourth-order valence-corrected chi connectivity index (χ4v) is 5.21. The summed E-state index contributed by atoms with van der Waals surface area (Å²) in [6.07, 6.45) is 1.32. The summed E-state index contributed by atoms with van der Waals surface area (Å²) in [5.41, 5.74) is 2.39. The van der Waals surface area contributed by atoms with Crippen LogP contribution in [-0.2, 0) is 21.2 Å². The lowest BCUT2D eigenvalue weighted by Gasteiger charge is -2.32. The first kappa shape index (κ1) is 20.5. The van der Waals surface area contributed by atoms with Gasteiger partial charge in [-0.25, -0.2) is 12.8 Å². The first-order valence-electron chi connectivity index (χ1n) is 9.37. The predicted octanol–water partition coefficient (Wildman–Crippen LogP) is 2.95. The number of rotatable bonds is 5. The molecule has 2 aromatic rings. The third-order valence-corrected chi connectivity index (χ3v) is 7.10. The minimum absolute atomic E-state index is 0.0574. The summed E-state index contributed by atoms with van der Waals surface area (Å²) in [4.78, 5) is 12.6. The van der Waals surface area contributed by atoms with Crippen molar-refractivity contribution in [3.63, 3.8) is 0 Å². The van der Waals surface area contributed by atoms with Crippen molar-refractivity contribution in [3.8, 4) is 0 Å². The molecule has 1 heterocycles. The van der Waals surface area contributed by atoms with E-state index in [4.69, 9.17) is 0 Å². The highest BCUT2D eigenvalue weighted by atomic mass is 32.2. The molecule has 150 valence electrons. The Hall–Kier alpha value is -2.25. The van der Waals surface area contributed by atoms with E-state index in [2.05, 4.69) is 5.32 Å². The Morgan fingerprint density at radius 1 is 1.11 bits per heavy atom. The minimum atomic E-state index is -3.53. The number of halogens is 1. The molecule has 2 aromatic carbocycles. The molecule has 5 nitrogen and oxygen atoms in total. The first-order valence-corrected chi connectivity index (χ1v) is 10.8. The lowest BCUT2D eigenvalue weighted by molar-refractivity contribution is -0.121. The molecule has 1 amide bonds. The molecule has 0 unspecified atom stereocenters. The van der Waals surface area contributed by atoms with Gasteiger partial charge in [-0.2, -0.15) is 4.31 Å². The monoisotopic (exact) mass is 404 g/mol. The van der Waals surface area contributed by atoms with Gasteiger partial charge in [-0.1, -0.05) is 24.3 Å². The molecule has 0 saturated carbocycles. The number of carbonyl (C=O) groups is 1. The normalized spacial score (nSPS) is 16.1. The van der Waals surface area contributed by atoms with Gasteiger partial charge in [0, 0.05) is 19.1 Å². The van der Waals surface area contributed by atoms with Crippen LogP contribution in [0, 0.1) is 19.7 Å². The van der Waals surface area contributed by atoms with Crippen molar-refractivity contribution in [2.45, 2.75) is 44.0 Å². The number of hydrogen-bond donors (Lipinski definition) is 1. The van der Waals surface area contributed by atoms with Gasteiger partial charge in [-0.05, 0) is 61.6 Å². The second-order valence-electron chi connectivity index (χ2n) is 7.32. The zero-order valence-electron chi connectivity index (χ0n) is 16.1. The van der Waals surface area contributed by atoms with Crippen molar-refractivity contribution in [1.82, 2.24) is 9.62 Å². The third kappa shape index (κ3) is 4.77. The molecule has 0 aliphatic carbocycles. The highest BCUT2D eigenvalue weighted by molar-refractivity contribution is 7.89. The number of nitrogens with one attached hydrogen (secondary N) is 1. The van der Waals surface area contributed by atoms with Gasteiger partial charge < -0.3 is 5.32 Å². The number of benzene rings is 2. The second-order valence-corrected chi connectivity index (χ2v) is 9.22. The Kier molecular flexibility index (Phi) is 6.15. The largest absolute Gasteiger partial charge is 0.353 e. The fraction of sp³-hybridized carbons (Fsp3) is 0.381. The van der Waals surface area contributed by atoms with Crippen LogP contribution >= 0.6 is 0 Å². The molecule has 1 saturated heterocycles. The van der Waals surface area contributed by atoms with Crippen molar-refractivity contribution < 1.29 is 17.6 Å². The summed E-state index contributed by atoms with van der Waals surface area (Å²) in [6, 6.07) is 11.2. The maximum absolute atomic E-state index is 13.0. The van der Waals surface area contributed by atoms with Crippen LogP contribution in [0.3, 0.4) is 0 Å². The molecule has 0 spiro atoms. The molecule has 0 atom stereocenters. The lowest BCUT2D eigenvalue weighted by atomic mass is 10.1. The summed E-state index contributed by atoms with van der Waals surface area (Å²) >= 11 is 0. The van der Waals surface area contributed by atoms with Gasteiger partial charge in [0.25, 0.3) is 0 Å². The van der Waals surface area contributed by atoms with Gasteiger partial charge in [0.15, 0.2) is 0 Å². The molecular formula is C21H25FN2O3S. The van der Waals surface area contributed by atoms with Gasteiger partial charge >= 0.3 is 0 Å². The molecule has 0 radical (unpaired) electrons. The van der Waals surface area contributed by atoms with E-state index in [1.165, 1.54) is 16.4 Å². The van der Waals surface area contributed by atoms with Crippen LogP contribution in [0.5, 0.6) is 0 Å². The topological polar surface area (TPSA) is 66.5 Å². The van der Waals surface area contributed by atoms with E-state index < -0.39 is 10.0 Å². The van der Waals surface area contributed by atoms with Crippen LogP contribution in [0.25, 0.3) is 0 Å². The number of hydrogen-bond acceptors (Lipinski definition) is 3. The van der Waals surface area contributed by atoms with E-state index in [9.17, 15) is 17.6 Å². The summed E-state index contributed by atoms with van der Waals surface area (Å²) in [5, 5.41) is 2.96. The van der Waals surface area contributed by atoms with Crippen molar-refractivity contribution in [2.24, 2.45) is 0 Å². The molecule has 28 heavy (non-hydrogen) atoms. The Morgan fingerprint density at radius 2 is 1.75 bits per heavy atom. The highest BCUT2D eigenvalue weighted by Crippen LogP contribution is 2.24. The zero-order valence-corrected chi connectivity index (χ0v) is 16.9. The Balaban J connectivity index is 1.57. The second kappa shape index (κ2) is 8.41. The standard InChI is InChI=1S/C21H25FN2O3S/c1-15-3-4-16(2)20(13-15)28(26,27)24-11-9-19(10-12-24)23-21(25)14-17-5-7-18(22)8-6-17/h3-8,13,19H,9-12,14H2,1-2H3,(H,23,25). The summed E-state index contributed by atoms with van der Waals surface area (Å²) in [6.45, 7) is 4.42. The SMILES string of the molecule is Cc1ccc(C)c(S(=O)(=O)N2CCC(NC(=O)Cc3ccc(F)cc3)CC2)c1. The summed E-state index contributed by atoms with van der Waals surface area (Å²) in [5.74, 6) is -0.468. The van der Waals surface area contributed by atoms with Crippen molar-refractivity contribution >= 4 is 15.9 Å². The van der Waals surface area contributed by atoms with Crippen LogP contribution in [0.2, 0.25) is 0 Å². The van der Waals surface area contributed by atoms with Gasteiger partial charge in [0.05, 0.1) is 11.3 Å². The van der Waals surface area contributed by atoms with Crippen molar-refractivity contribution in [3.05, 3.63) is 65.0 Å². The smallest absolute Gasteiger partial charge is 0.243 e. The number of piperidine rings is 1. The average Bonchev–Trinajstić information content (AvgIpc) is 2.66. The maximum Gasteiger partial charge on any atom is 0.243 e. The number of nitrogens with zero attached hydrogens (tertiary/aromatic N) is 1. The van der Waals surface area contributed by atoms with Crippen molar-refractivity contribution in [1.29, 1.82) is 0 Å². The first-order chi connectivity index (χ1) is 13.3. The minimum Gasteiger partial charge on any atom is -0.353 e. The van der Waals surface area contributed by atoms with Crippen LogP contribution in [0.15, 0.2) is 47.4 Å². The van der Waals surface area contributed by atoms with Gasteiger partial charge in [0.1, 0.15) is 5.82 Å².